The van der Waals surface area contributed by atoms with E-state index in [0.29, 0.717) is 6.54 Å². The number of ether oxygens (including phenoxy) is 1. The third kappa shape index (κ3) is 3.71. The monoisotopic (exact) mass is 277 g/mol. The zero-order valence-electron chi connectivity index (χ0n) is 11.8. The van der Waals surface area contributed by atoms with Crippen LogP contribution in [0.1, 0.15) is 26.3 Å². The lowest BCUT2D eigenvalue weighted by Crippen LogP contribution is -2.52. The number of benzene rings is 1. The van der Waals surface area contributed by atoms with Crippen LogP contribution in [0.15, 0.2) is 24.3 Å². The van der Waals surface area contributed by atoms with Crippen LogP contribution in [0.25, 0.3) is 0 Å². The van der Waals surface area contributed by atoms with Crippen LogP contribution >= 0.6 is 0 Å². The summed E-state index contributed by atoms with van der Waals surface area (Å²) in [5.74, 6) is -0.319. The Morgan fingerprint density at radius 3 is 2.75 bits per heavy atom. The highest BCUT2D eigenvalue weighted by Crippen LogP contribution is 2.17. The molecule has 108 valence electrons. The normalized spacial score (nSPS) is 18.6. The van der Waals surface area contributed by atoms with Crippen LogP contribution < -0.4 is 16.0 Å². The van der Waals surface area contributed by atoms with E-state index in [2.05, 4.69) is 16.0 Å². The highest BCUT2D eigenvalue weighted by atomic mass is 16.6. The molecule has 1 heterocycles. The van der Waals surface area contributed by atoms with Crippen LogP contribution in [-0.2, 0) is 16.1 Å². The molecule has 2 amide bonds. The second kappa shape index (κ2) is 5.50. The SMILES string of the molecule is CC(C)(C)OC(=O)NC1NCc2ccccc2NC1=O. The van der Waals surface area contributed by atoms with E-state index in [1.165, 1.54) is 0 Å². The molecule has 1 atom stereocenters. The van der Waals surface area contributed by atoms with Gasteiger partial charge in [-0.2, -0.15) is 0 Å². The Morgan fingerprint density at radius 2 is 2.05 bits per heavy atom. The molecular formula is C14H19N3O3. The minimum atomic E-state index is -0.822. The Kier molecular flexibility index (Phi) is 3.94. The van der Waals surface area contributed by atoms with Crippen molar-refractivity contribution in [3.8, 4) is 0 Å². The Morgan fingerprint density at radius 1 is 1.35 bits per heavy atom. The molecule has 0 radical (unpaired) electrons. The van der Waals surface area contributed by atoms with E-state index in [0.717, 1.165) is 11.3 Å². The van der Waals surface area contributed by atoms with Gasteiger partial charge in [-0.25, -0.2) is 4.79 Å². The summed E-state index contributed by atoms with van der Waals surface area (Å²) in [6.45, 7) is 5.78. The van der Waals surface area contributed by atoms with Crippen molar-refractivity contribution in [2.24, 2.45) is 0 Å². The van der Waals surface area contributed by atoms with Crippen LogP contribution in [0.4, 0.5) is 10.5 Å². The van der Waals surface area contributed by atoms with Crippen molar-refractivity contribution < 1.29 is 14.3 Å². The van der Waals surface area contributed by atoms with Gasteiger partial charge in [0.15, 0.2) is 6.17 Å². The minimum Gasteiger partial charge on any atom is -0.444 e. The standard InChI is InChI=1S/C14H19N3O3/c1-14(2,3)20-13(19)17-11-12(18)16-10-7-5-4-6-9(10)8-15-11/h4-7,11,15H,8H2,1-3H3,(H,16,18)(H,17,19). The van der Waals surface area contributed by atoms with Gasteiger partial charge in [-0.15, -0.1) is 0 Å². The number of hydrogen-bond donors (Lipinski definition) is 3. The summed E-state index contributed by atoms with van der Waals surface area (Å²) in [6, 6.07) is 7.48. The Balaban J connectivity index is 2.02. The number of fused-ring (bicyclic) bond motifs is 1. The number of amides is 2. The molecular weight excluding hydrogens is 258 g/mol. The smallest absolute Gasteiger partial charge is 0.409 e. The quantitative estimate of drug-likeness (QED) is 0.728. The molecule has 20 heavy (non-hydrogen) atoms. The number of anilines is 1. The lowest BCUT2D eigenvalue weighted by atomic mass is 10.2. The van der Waals surface area contributed by atoms with Crippen LogP contribution in [0.5, 0.6) is 0 Å². The minimum absolute atomic E-state index is 0.319. The molecule has 3 N–H and O–H groups in total. The molecule has 0 fully saturated rings. The molecule has 6 heteroatoms. The van der Waals surface area contributed by atoms with Crippen molar-refractivity contribution in [1.82, 2.24) is 10.6 Å². The molecule has 2 rings (SSSR count). The van der Waals surface area contributed by atoms with E-state index in [4.69, 9.17) is 4.74 Å². The van der Waals surface area contributed by atoms with E-state index < -0.39 is 17.9 Å². The fourth-order valence-electron chi connectivity index (χ4n) is 1.85. The fourth-order valence-corrected chi connectivity index (χ4v) is 1.85. The first-order valence-corrected chi connectivity index (χ1v) is 6.47. The average molecular weight is 277 g/mol. The first-order valence-electron chi connectivity index (χ1n) is 6.47. The van der Waals surface area contributed by atoms with Gasteiger partial charge in [-0.3, -0.25) is 15.4 Å². The molecule has 1 aliphatic rings. The van der Waals surface area contributed by atoms with E-state index in [1.54, 1.807) is 20.8 Å². The maximum Gasteiger partial charge on any atom is 0.409 e. The van der Waals surface area contributed by atoms with Crippen LogP contribution in [0, 0.1) is 0 Å². The fraction of sp³-hybridized carbons (Fsp3) is 0.429. The van der Waals surface area contributed by atoms with Crippen molar-refractivity contribution in [2.75, 3.05) is 5.32 Å². The van der Waals surface area contributed by atoms with E-state index in [1.807, 2.05) is 24.3 Å². The molecule has 1 aromatic rings. The van der Waals surface area contributed by atoms with Gasteiger partial charge in [0, 0.05) is 12.2 Å². The lowest BCUT2D eigenvalue weighted by molar-refractivity contribution is -0.118. The molecule has 0 aromatic heterocycles. The van der Waals surface area contributed by atoms with Gasteiger partial charge in [0.25, 0.3) is 5.91 Å². The first-order chi connectivity index (χ1) is 9.35. The van der Waals surface area contributed by atoms with Crippen LogP contribution in [0.2, 0.25) is 0 Å². The number of nitrogens with one attached hydrogen (secondary N) is 3. The van der Waals surface area contributed by atoms with Crippen molar-refractivity contribution >= 4 is 17.7 Å². The maximum atomic E-state index is 12.0. The summed E-state index contributed by atoms with van der Waals surface area (Å²) in [6.07, 6.45) is -1.45. The number of hydrogen-bond acceptors (Lipinski definition) is 4. The van der Waals surface area contributed by atoms with Gasteiger partial charge in [-0.1, -0.05) is 18.2 Å². The van der Waals surface area contributed by atoms with E-state index in [9.17, 15) is 9.59 Å². The number of para-hydroxylation sites is 1. The first kappa shape index (κ1) is 14.3. The average Bonchev–Trinajstić information content (AvgIpc) is 2.47. The highest BCUT2D eigenvalue weighted by molar-refractivity contribution is 5.97. The van der Waals surface area contributed by atoms with E-state index >= 15 is 0 Å². The van der Waals surface area contributed by atoms with Crippen LogP contribution in [-0.4, -0.2) is 23.8 Å². The van der Waals surface area contributed by atoms with Gasteiger partial charge in [0.1, 0.15) is 5.60 Å². The molecule has 0 bridgehead atoms. The zero-order valence-corrected chi connectivity index (χ0v) is 11.8. The molecule has 0 aliphatic carbocycles. The Bertz CT molecular complexity index is 523. The van der Waals surface area contributed by atoms with Gasteiger partial charge < -0.3 is 10.1 Å². The van der Waals surface area contributed by atoms with Crippen molar-refractivity contribution in [3.05, 3.63) is 29.8 Å². The van der Waals surface area contributed by atoms with Crippen LogP contribution in [0.3, 0.4) is 0 Å². The van der Waals surface area contributed by atoms with Gasteiger partial charge >= 0.3 is 6.09 Å². The zero-order chi connectivity index (χ0) is 14.8. The molecule has 0 spiro atoms. The second-order valence-corrected chi connectivity index (χ2v) is 5.61. The summed E-state index contributed by atoms with van der Waals surface area (Å²) < 4.78 is 5.14. The van der Waals surface area contributed by atoms with Gasteiger partial charge in [0.05, 0.1) is 0 Å². The third-order valence-electron chi connectivity index (χ3n) is 2.70. The maximum absolute atomic E-state index is 12.0. The van der Waals surface area contributed by atoms with Gasteiger partial charge in [-0.05, 0) is 32.4 Å². The Labute approximate surface area is 117 Å². The number of rotatable bonds is 1. The van der Waals surface area contributed by atoms with Crippen molar-refractivity contribution in [1.29, 1.82) is 0 Å². The number of carbonyl (C=O) groups is 2. The summed E-state index contributed by atoms with van der Waals surface area (Å²) in [7, 11) is 0. The molecule has 0 saturated heterocycles. The Hall–Kier alpha value is -2.08. The molecule has 1 aliphatic heterocycles. The second-order valence-electron chi connectivity index (χ2n) is 5.61. The number of alkyl carbamates (subject to hydrolysis) is 1. The summed E-state index contributed by atoms with van der Waals surface area (Å²) in [5.41, 5.74) is 1.11. The van der Waals surface area contributed by atoms with Gasteiger partial charge in [0.2, 0.25) is 0 Å². The molecule has 6 nitrogen and oxygen atoms in total. The molecule has 1 unspecified atom stereocenters. The molecule has 1 aromatic carbocycles. The number of carbonyl (C=O) groups excluding carboxylic acids is 2. The summed E-state index contributed by atoms with van der Waals surface area (Å²) >= 11 is 0. The summed E-state index contributed by atoms with van der Waals surface area (Å²) in [4.78, 5) is 23.7. The summed E-state index contributed by atoms with van der Waals surface area (Å²) in [5, 5.41) is 8.26. The lowest BCUT2D eigenvalue weighted by Gasteiger charge is -2.22. The van der Waals surface area contributed by atoms with E-state index in [-0.39, 0.29) is 5.91 Å². The largest absolute Gasteiger partial charge is 0.444 e. The van der Waals surface area contributed by atoms with Crippen molar-refractivity contribution in [2.45, 2.75) is 39.1 Å². The third-order valence-corrected chi connectivity index (χ3v) is 2.70. The van der Waals surface area contributed by atoms with Crippen molar-refractivity contribution in [3.63, 3.8) is 0 Å². The highest BCUT2D eigenvalue weighted by Gasteiger charge is 2.26. The topological polar surface area (TPSA) is 79.5 Å². The predicted octanol–water partition coefficient (Wildman–Crippen LogP) is 1.58. The predicted molar refractivity (Wildman–Crippen MR) is 75.1 cm³/mol. The molecule has 0 saturated carbocycles.